The Balaban J connectivity index is 2.08. The Labute approximate surface area is 123 Å². The third-order valence-corrected chi connectivity index (χ3v) is 3.27. The van der Waals surface area contributed by atoms with E-state index in [0.717, 1.165) is 11.1 Å². The van der Waals surface area contributed by atoms with Gasteiger partial charge >= 0.3 is 0 Å². The van der Waals surface area contributed by atoms with Gasteiger partial charge in [-0.25, -0.2) is 4.98 Å². The second-order valence-electron chi connectivity index (χ2n) is 4.93. The summed E-state index contributed by atoms with van der Waals surface area (Å²) in [6, 6.07) is 17.9. The Morgan fingerprint density at radius 1 is 0.810 bits per heavy atom. The number of rotatable bonds is 3. The number of hydrogen-bond acceptors (Lipinski definition) is 4. The van der Waals surface area contributed by atoms with Gasteiger partial charge in [-0.3, -0.25) is 0 Å². The third kappa shape index (κ3) is 2.74. The molecule has 3 rings (SSSR count). The van der Waals surface area contributed by atoms with Crippen molar-refractivity contribution in [3.05, 3.63) is 60.8 Å². The molecule has 0 bridgehead atoms. The van der Waals surface area contributed by atoms with Crippen molar-refractivity contribution >= 4 is 28.0 Å². The number of benzene rings is 2. The molecular formula is C17H16N4. The fraction of sp³-hybridized carbons (Fsp3) is 0.118. The lowest BCUT2D eigenvalue weighted by Crippen LogP contribution is -2.08. The summed E-state index contributed by atoms with van der Waals surface area (Å²) in [5.41, 5.74) is 2.02. The van der Waals surface area contributed by atoms with E-state index in [2.05, 4.69) is 38.3 Å². The number of anilines is 1. The first kappa shape index (κ1) is 13.2. The number of azo groups is 1. The maximum absolute atomic E-state index is 4.35. The first-order valence-electron chi connectivity index (χ1n) is 6.77. The number of aromatic nitrogens is 1. The van der Waals surface area contributed by atoms with Crippen molar-refractivity contribution in [3.63, 3.8) is 0 Å². The molecule has 0 fully saturated rings. The zero-order valence-electron chi connectivity index (χ0n) is 12.1. The number of hydrogen-bond donors (Lipinski definition) is 0. The molecule has 0 amide bonds. The minimum absolute atomic E-state index is 0.610. The van der Waals surface area contributed by atoms with Gasteiger partial charge in [0.25, 0.3) is 0 Å². The molecule has 104 valence electrons. The van der Waals surface area contributed by atoms with Crippen LogP contribution in [0.2, 0.25) is 0 Å². The molecule has 0 atom stereocenters. The summed E-state index contributed by atoms with van der Waals surface area (Å²) in [6.07, 6.45) is 1.71. The highest BCUT2D eigenvalue weighted by molar-refractivity contribution is 6.01. The van der Waals surface area contributed by atoms with Gasteiger partial charge < -0.3 is 4.90 Å². The van der Waals surface area contributed by atoms with Crippen molar-refractivity contribution in [2.45, 2.75) is 0 Å². The van der Waals surface area contributed by atoms with Crippen molar-refractivity contribution in [1.82, 2.24) is 4.98 Å². The second kappa shape index (κ2) is 5.71. The predicted molar refractivity (Wildman–Crippen MR) is 86.7 cm³/mol. The summed E-state index contributed by atoms with van der Waals surface area (Å²) in [5, 5.41) is 10.8. The minimum Gasteiger partial charge on any atom is -0.377 e. The fourth-order valence-electron chi connectivity index (χ4n) is 2.26. The molecule has 0 spiro atoms. The molecule has 0 N–H and O–H groups in total. The molecule has 0 radical (unpaired) electrons. The molecule has 1 aromatic heterocycles. The molecule has 1 heterocycles. The molecule has 4 nitrogen and oxygen atoms in total. The zero-order chi connectivity index (χ0) is 14.7. The Morgan fingerprint density at radius 2 is 1.57 bits per heavy atom. The summed E-state index contributed by atoms with van der Waals surface area (Å²) in [4.78, 5) is 6.25. The van der Waals surface area contributed by atoms with Gasteiger partial charge in [-0.1, -0.05) is 30.3 Å². The maximum Gasteiger partial charge on any atom is 0.174 e. The molecule has 0 saturated carbocycles. The van der Waals surface area contributed by atoms with Gasteiger partial charge in [0.1, 0.15) is 0 Å². The molecule has 3 aromatic rings. The van der Waals surface area contributed by atoms with Crippen molar-refractivity contribution in [2.75, 3.05) is 19.0 Å². The van der Waals surface area contributed by atoms with E-state index in [4.69, 9.17) is 0 Å². The van der Waals surface area contributed by atoms with Crippen molar-refractivity contribution in [2.24, 2.45) is 10.2 Å². The van der Waals surface area contributed by atoms with Gasteiger partial charge in [-0.2, -0.15) is 0 Å². The molecule has 2 aromatic carbocycles. The predicted octanol–water partition coefficient (Wildman–Crippen LogP) is 4.72. The smallest absolute Gasteiger partial charge is 0.174 e. The van der Waals surface area contributed by atoms with Crippen molar-refractivity contribution < 1.29 is 0 Å². The summed E-state index contributed by atoms with van der Waals surface area (Å²) in [6.45, 7) is 0. The Kier molecular flexibility index (Phi) is 3.60. The molecule has 4 heteroatoms. The van der Waals surface area contributed by atoms with E-state index in [1.807, 2.05) is 50.5 Å². The number of nitrogens with zero attached hydrogens (tertiary/aromatic N) is 4. The Bertz CT molecular complexity index is 779. The van der Waals surface area contributed by atoms with Gasteiger partial charge in [0, 0.05) is 36.8 Å². The summed E-state index contributed by atoms with van der Waals surface area (Å²) in [5.74, 6) is 0.610. The van der Waals surface area contributed by atoms with Crippen LogP contribution in [0.4, 0.5) is 17.2 Å². The lowest BCUT2D eigenvalue weighted by atomic mass is 10.1. The third-order valence-electron chi connectivity index (χ3n) is 3.27. The van der Waals surface area contributed by atoms with E-state index in [-0.39, 0.29) is 0 Å². The normalized spacial score (nSPS) is 11.1. The number of fused-ring (bicyclic) bond motifs is 1. The highest BCUT2D eigenvalue weighted by atomic mass is 15.1. The van der Waals surface area contributed by atoms with Crippen molar-refractivity contribution in [3.8, 4) is 0 Å². The van der Waals surface area contributed by atoms with Crippen LogP contribution in [-0.4, -0.2) is 19.1 Å². The molecule has 0 aliphatic heterocycles. The summed E-state index contributed by atoms with van der Waals surface area (Å²) in [7, 11) is 4.08. The lowest BCUT2D eigenvalue weighted by molar-refractivity contribution is 1.14. The second-order valence-corrected chi connectivity index (χ2v) is 4.93. The van der Waals surface area contributed by atoms with Crippen LogP contribution in [0.15, 0.2) is 71.0 Å². The van der Waals surface area contributed by atoms with E-state index in [1.165, 1.54) is 11.1 Å². The topological polar surface area (TPSA) is 40.9 Å². The standard InChI is InChI=1S/C17H16N4/c1-21(2)16-11-10-15(13-7-3-4-8-14(13)16)19-20-17-9-5-6-12-18-17/h3-12H,1-2H3. The Morgan fingerprint density at radius 3 is 2.29 bits per heavy atom. The van der Waals surface area contributed by atoms with Crippen LogP contribution in [0, 0.1) is 0 Å². The van der Waals surface area contributed by atoms with Crippen LogP contribution in [0.3, 0.4) is 0 Å². The molecular weight excluding hydrogens is 260 g/mol. The van der Waals surface area contributed by atoms with Crippen LogP contribution < -0.4 is 4.90 Å². The summed E-state index contributed by atoms with van der Waals surface area (Å²) >= 11 is 0. The summed E-state index contributed by atoms with van der Waals surface area (Å²) < 4.78 is 0. The molecule has 0 unspecified atom stereocenters. The Hall–Kier alpha value is -2.75. The quantitative estimate of drug-likeness (QED) is 0.650. The van der Waals surface area contributed by atoms with Crippen LogP contribution in [-0.2, 0) is 0 Å². The van der Waals surface area contributed by atoms with Crippen LogP contribution in [0.5, 0.6) is 0 Å². The number of pyridine rings is 1. The first-order valence-corrected chi connectivity index (χ1v) is 6.77. The molecule has 0 aliphatic rings. The van der Waals surface area contributed by atoms with Gasteiger partial charge in [0.15, 0.2) is 5.82 Å². The molecule has 0 aliphatic carbocycles. The zero-order valence-corrected chi connectivity index (χ0v) is 12.1. The van der Waals surface area contributed by atoms with E-state index >= 15 is 0 Å². The maximum atomic E-state index is 4.35. The highest BCUT2D eigenvalue weighted by Gasteiger charge is 2.06. The average molecular weight is 276 g/mol. The van der Waals surface area contributed by atoms with Crippen molar-refractivity contribution in [1.29, 1.82) is 0 Å². The van der Waals surface area contributed by atoms with E-state index < -0.39 is 0 Å². The van der Waals surface area contributed by atoms with E-state index in [1.54, 1.807) is 6.20 Å². The van der Waals surface area contributed by atoms with Gasteiger partial charge in [-0.05, 0) is 24.3 Å². The van der Waals surface area contributed by atoms with Gasteiger partial charge in [0.05, 0.1) is 5.69 Å². The lowest BCUT2D eigenvalue weighted by Gasteiger charge is -2.16. The van der Waals surface area contributed by atoms with Crippen LogP contribution in [0.1, 0.15) is 0 Å². The SMILES string of the molecule is CN(C)c1ccc(N=Nc2ccccn2)c2ccccc12. The minimum atomic E-state index is 0.610. The van der Waals surface area contributed by atoms with Gasteiger partial charge in [0.2, 0.25) is 0 Å². The first-order chi connectivity index (χ1) is 10.3. The van der Waals surface area contributed by atoms with E-state index in [0.29, 0.717) is 5.82 Å². The average Bonchev–Trinajstić information content (AvgIpc) is 2.53. The van der Waals surface area contributed by atoms with Crippen LogP contribution >= 0.6 is 0 Å². The molecule has 0 saturated heterocycles. The molecule has 21 heavy (non-hydrogen) atoms. The fourth-order valence-corrected chi connectivity index (χ4v) is 2.26. The highest BCUT2D eigenvalue weighted by Crippen LogP contribution is 2.33. The van der Waals surface area contributed by atoms with E-state index in [9.17, 15) is 0 Å². The monoisotopic (exact) mass is 276 g/mol. The van der Waals surface area contributed by atoms with Gasteiger partial charge in [-0.15, -0.1) is 10.2 Å². The largest absolute Gasteiger partial charge is 0.377 e. The van der Waals surface area contributed by atoms with Crippen LogP contribution in [0.25, 0.3) is 10.8 Å².